The van der Waals surface area contributed by atoms with Crippen molar-refractivity contribution in [2.45, 2.75) is 12.6 Å². The van der Waals surface area contributed by atoms with E-state index in [1.165, 1.54) is 12.1 Å². The summed E-state index contributed by atoms with van der Waals surface area (Å²) in [6, 6.07) is 17.2. The molecule has 1 N–H and O–H groups in total. The summed E-state index contributed by atoms with van der Waals surface area (Å²) in [4.78, 5) is 21.5. The monoisotopic (exact) mass is 510 g/mol. The van der Waals surface area contributed by atoms with Crippen LogP contribution in [0, 0.1) is 0 Å². The van der Waals surface area contributed by atoms with E-state index < -0.39 is 17.8 Å². The van der Waals surface area contributed by atoms with Gasteiger partial charge in [-0.15, -0.1) is 0 Å². The highest BCUT2D eigenvalue weighted by molar-refractivity contribution is 6.04. The predicted octanol–water partition coefficient (Wildman–Crippen LogP) is 6.14. The largest absolute Gasteiger partial charge is 0.497 e. The number of amidine groups is 1. The van der Waals surface area contributed by atoms with Gasteiger partial charge in [0, 0.05) is 31.9 Å². The number of carbonyl (C=O) groups is 1. The van der Waals surface area contributed by atoms with Gasteiger partial charge in [0.15, 0.2) is 5.75 Å². The molecule has 2 amide bonds. The Balaban J connectivity index is 1.36. The number of rotatable bonds is 2. The number of amides is 2. The van der Waals surface area contributed by atoms with E-state index in [9.17, 15) is 18.0 Å². The third-order valence-corrected chi connectivity index (χ3v) is 6.26. The number of hydrogen-bond donors (Lipinski definition) is 1. The van der Waals surface area contributed by atoms with Crippen LogP contribution in [-0.2, 0) is 6.18 Å². The lowest BCUT2D eigenvalue weighted by Crippen LogP contribution is -2.39. The highest BCUT2D eigenvalue weighted by atomic mass is 19.4. The summed E-state index contributed by atoms with van der Waals surface area (Å²) in [5.41, 5.74) is 0.757. The van der Waals surface area contributed by atoms with Gasteiger partial charge in [-0.3, -0.25) is 0 Å². The average molecular weight is 511 g/mol. The number of carbonyl (C=O) groups excluding carboxylic acids is 1. The lowest BCUT2D eigenvalue weighted by atomic mass is 10.1. The van der Waals surface area contributed by atoms with Gasteiger partial charge in [-0.1, -0.05) is 18.2 Å². The molecule has 1 saturated heterocycles. The van der Waals surface area contributed by atoms with E-state index in [4.69, 9.17) is 14.5 Å². The van der Waals surface area contributed by atoms with Crippen LogP contribution in [0.1, 0.15) is 17.5 Å². The van der Waals surface area contributed by atoms with Crippen LogP contribution in [0.5, 0.6) is 17.2 Å². The minimum atomic E-state index is -4.48. The fourth-order valence-electron chi connectivity index (χ4n) is 4.38. The van der Waals surface area contributed by atoms with Gasteiger partial charge in [-0.2, -0.15) is 13.2 Å². The standard InChI is InChI=1S/C27H25F3N4O3/c1-36-20-10-11-23-21(17-20)25(32-22-8-2-3-9-24(22)37-23)33-12-5-13-34(15-14-33)26(35)31-19-7-4-6-18(16-19)27(28,29)30/h2-4,6-11,16-17H,5,12-15H2,1H3,(H,31,35). The maximum absolute atomic E-state index is 13.1. The van der Waals surface area contributed by atoms with Crippen LogP contribution >= 0.6 is 0 Å². The molecule has 0 saturated carbocycles. The predicted molar refractivity (Wildman–Crippen MR) is 134 cm³/mol. The number of fused-ring (bicyclic) bond motifs is 2. The Morgan fingerprint density at radius 3 is 2.62 bits per heavy atom. The summed E-state index contributed by atoms with van der Waals surface area (Å²) in [5.74, 6) is 2.66. The average Bonchev–Trinajstić information content (AvgIpc) is 3.23. The molecular formula is C27H25F3N4O3. The number of nitrogens with zero attached hydrogens (tertiary/aromatic N) is 3. The molecule has 10 heteroatoms. The zero-order chi connectivity index (χ0) is 26.0. The zero-order valence-electron chi connectivity index (χ0n) is 20.1. The molecule has 5 rings (SSSR count). The smallest absolute Gasteiger partial charge is 0.416 e. The van der Waals surface area contributed by atoms with Crippen molar-refractivity contribution in [1.82, 2.24) is 9.80 Å². The number of benzene rings is 3. The summed E-state index contributed by atoms with van der Waals surface area (Å²) >= 11 is 0. The van der Waals surface area contributed by atoms with Crippen LogP contribution in [-0.4, -0.2) is 55.0 Å². The number of urea groups is 1. The molecule has 1 fully saturated rings. The van der Waals surface area contributed by atoms with Gasteiger partial charge in [-0.25, -0.2) is 9.79 Å². The first-order valence-electron chi connectivity index (χ1n) is 11.8. The van der Waals surface area contributed by atoms with Crippen LogP contribution in [0.25, 0.3) is 0 Å². The van der Waals surface area contributed by atoms with E-state index >= 15 is 0 Å². The minimum absolute atomic E-state index is 0.101. The van der Waals surface area contributed by atoms with Crippen LogP contribution in [0.3, 0.4) is 0 Å². The number of ether oxygens (including phenoxy) is 2. The topological polar surface area (TPSA) is 66.4 Å². The van der Waals surface area contributed by atoms with Crippen molar-refractivity contribution < 1.29 is 27.4 Å². The number of halogens is 3. The van der Waals surface area contributed by atoms with Gasteiger partial charge in [0.2, 0.25) is 0 Å². The molecule has 0 radical (unpaired) electrons. The molecule has 2 aliphatic rings. The molecule has 0 bridgehead atoms. The molecule has 0 atom stereocenters. The van der Waals surface area contributed by atoms with Crippen molar-refractivity contribution >= 4 is 23.2 Å². The molecular weight excluding hydrogens is 485 g/mol. The Labute approximate surface area is 212 Å². The molecule has 3 aromatic carbocycles. The van der Waals surface area contributed by atoms with Gasteiger partial charge in [0.1, 0.15) is 23.0 Å². The Hall–Kier alpha value is -4.21. The number of methoxy groups -OCH3 is 1. The molecule has 0 aliphatic carbocycles. The zero-order valence-corrected chi connectivity index (χ0v) is 20.1. The Bertz CT molecular complexity index is 1340. The maximum Gasteiger partial charge on any atom is 0.416 e. The van der Waals surface area contributed by atoms with Gasteiger partial charge in [-0.05, 0) is 55.0 Å². The summed E-state index contributed by atoms with van der Waals surface area (Å²) < 4.78 is 50.7. The van der Waals surface area contributed by atoms with Gasteiger partial charge in [0.25, 0.3) is 0 Å². The lowest BCUT2D eigenvalue weighted by molar-refractivity contribution is -0.137. The number of alkyl halides is 3. The number of nitrogens with one attached hydrogen (secondary N) is 1. The van der Waals surface area contributed by atoms with E-state index in [0.717, 1.165) is 17.7 Å². The molecule has 37 heavy (non-hydrogen) atoms. The van der Waals surface area contributed by atoms with Crippen molar-refractivity contribution in [2.24, 2.45) is 4.99 Å². The van der Waals surface area contributed by atoms with Gasteiger partial charge < -0.3 is 24.6 Å². The summed E-state index contributed by atoms with van der Waals surface area (Å²) in [7, 11) is 1.59. The quantitative estimate of drug-likeness (QED) is 0.450. The third kappa shape index (κ3) is 5.32. The number of hydrogen-bond acceptors (Lipinski definition) is 5. The second-order valence-corrected chi connectivity index (χ2v) is 8.70. The highest BCUT2D eigenvalue weighted by Gasteiger charge is 2.31. The normalized spacial score (nSPS) is 15.4. The van der Waals surface area contributed by atoms with Crippen LogP contribution in [0.2, 0.25) is 0 Å². The molecule has 2 heterocycles. The van der Waals surface area contributed by atoms with Crippen molar-refractivity contribution in [3.63, 3.8) is 0 Å². The first-order chi connectivity index (χ1) is 17.8. The minimum Gasteiger partial charge on any atom is -0.497 e. The maximum atomic E-state index is 13.1. The third-order valence-electron chi connectivity index (χ3n) is 6.26. The van der Waals surface area contributed by atoms with E-state index in [1.807, 2.05) is 42.5 Å². The van der Waals surface area contributed by atoms with E-state index in [1.54, 1.807) is 12.0 Å². The summed E-state index contributed by atoms with van der Waals surface area (Å²) in [6.45, 7) is 1.93. The van der Waals surface area contributed by atoms with E-state index in [2.05, 4.69) is 10.2 Å². The Morgan fingerprint density at radius 1 is 0.973 bits per heavy atom. The van der Waals surface area contributed by atoms with Crippen molar-refractivity contribution in [3.8, 4) is 17.2 Å². The first-order valence-corrected chi connectivity index (χ1v) is 11.8. The van der Waals surface area contributed by atoms with Crippen LogP contribution in [0.15, 0.2) is 71.7 Å². The SMILES string of the molecule is COc1ccc2c(c1)C(N1CCCN(C(=O)Nc3cccc(C(F)(F)F)c3)CC1)=Nc1ccccc1O2. The van der Waals surface area contributed by atoms with Crippen molar-refractivity contribution in [2.75, 3.05) is 38.6 Å². The van der Waals surface area contributed by atoms with E-state index in [0.29, 0.717) is 61.4 Å². The van der Waals surface area contributed by atoms with Crippen molar-refractivity contribution in [1.29, 1.82) is 0 Å². The second-order valence-electron chi connectivity index (χ2n) is 8.70. The fraction of sp³-hybridized carbons (Fsp3) is 0.259. The van der Waals surface area contributed by atoms with Gasteiger partial charge >= 0.3 is 12.2 Å². The number of para-hydroxylation sites is 2. The van der Waals surface area contributed by atoms with E-state index in [-0.39, 0.29) is 5.69 Å². The molecule has 0 aromatic heterocycles. The molecule has 2 aliphatic heterocycles. The molecule has 7 nitrogen and oxygen atoms in total. The van der Waals surface area contributed by atoms with Gasteiger partial charge in [0.05, 0.1) is 18.2 Å². The number of aliphatic imine (C=N–C) groups is 1. The summed E-state index contributed by atoms with van der Waals surface area (Å²) in [6.07, 6.45) is -3.83. The van der Waals surface area contributed by atoms with Crippen molar-refractivity contribution in [3.05, 3.63) is 77.9 Å². The molecule has 3 aromatic rings. The fourth-order valence-corrected chi connectivity index (χ4v) is 4.38. The van der Waals surface area contributed by atoms with Crippen LogP contribution in [0.4, 0.5) is 29.3 Å². The molecule has 192 valence electrons. The first kappa shape index (κ1) is 24.5. The highest BCUT2D eigenvalue weighted by Crippen LogP contribution is 2.39. The Morgan fingerprint density at radius 2 is 1.81 bits per heavy atom. The Kier molecular flexibility index (Phi) is 6.64. The summed E-state index contributed by atoms with van der Waals surface area (Å²) in [5, 5.41) is 2.60. The lowest BCUT2D eigenvalue weighted by Gasteiger charge is -2.25. The van der Waals surface area contributed by atoms with Crippen LogP contribution < -0.4 is 14.8 Å². The molecule has 0 spiro atoms. The second kappa shape index (κ2) is 10.0. The number of anilines is 1. The molecule has 0 unspecified atom stereocenters.